The molecule has 0 N–H and O–H groups in total. The summed E-state index contributed by atoms with van der Waals surface area (Å²) in [7, 11) is 1.62. The molecule has 0 aliphatic heterocycles. The number of amides is 1. The van der Waals surface area contributed by atoms with Crippen molar-refractivity contribution in [2.75, 3.05) is 20.3 Å². The number of carbonyl (C=O) groups is 1. The Morgan fingerprint density at radius 1 is 1.15 bits per heavy atom. The minimum absolute atomic E-state index is 0.182. The van der Waals surface area contributed by atoms with Crippen LogP contribution in [0.4, 0.5) is 0 Å². The second-order valence-corrected chi connectivity index (χ2v) is 7.45. The normalized spacial score (nSPS) is 11.9. The number of hydrogen-bond donors (Lipinski definition) is 0. The fraction of sp³-hybridized carbons (Fsp3) is 0.263. The van der Waals surface area contributed by atoms with Crippen molar-refractivity contribution in [1.82, 2.24) is 4.57 Å². The number of rotatable bonds is 7. The van der Waals surface area contributed by atoms with Crippen LogP contribution in [-0.4, -0.2) is 30.8 Å². The summed E-state index contributed by atoms with van der Waals surface area (Å²) in [5.41, 5.74) is 0.762. The lowest BCUT2D eigenvalue weighted by atomic mass is 10.3. The van der Waals surface area contributed by atoms with Gasteiger partial charge in [-0.1, -0.05) is 52.7 Å². The van der Waals surface area contributed by atoms with Gasteiger partial charge in [-0.25, -0.2) is 0 Å². The van der Waals surface area contributed by atoms with Crippen LogP contribution < -0.4 is 9.54 Å². The second kappa shape index (κ2) is 9.37. The summed E-state index contributed by atoms with van der Waals surface area (Å²) in [6.45, 7) is 1.25. The molecule has 0 spiro atoms. The molecular weight excluding hydrogens is 407 g/mol. The van der Waals surface area contributed by atoms with Gasteiger partial charge in [-0.05, 0) is 24.3 Å². The van der Waals surface area contributed by atoms with E-state index in [1.807, 2.05) is 41.0 Å². The van der Waals surface area contributed by atoms with Crippen molar-refractivity contribution in [3.05, 3.63) is 57.3 Å². The summed E-state index contributed by atoms with van der Waals surface area (Å²) < 4.78 is 13.5. The predicted molar refractivity (Wildman–Crippen MR) is 109 cm³/mol. The zero-order valence-electron chi connectivity index (χ0n) is 14.7. The van der Waals surface area contributed by atoms with E-state index in [9.17, 15) is 4.79 Å². The number of methoxy groups -OCH3 is 1. The van der Waals surface area contributed by atoms with Gasteiger partial charge in [-0.15, -0.1) is 0 Å². The smallest absolute Gasteiger partial charge is 0.251 e. The van der Waals surface area contributed by atoms with Gasteiger partial charge in [0.25, 0.3) is 5.91 Å². The SMILES string of the molecule is COCCn1c(=NC(=O)CCOc2ccccc2)sc2ccc(Cl)c(Cl)c21. The van der Waals surface area contributed by atoms with E-state index in [2.05, 4.69) is 4.99 Å². The Morgan fingerprint density at radius 3 is 2.67 bits per heavy atom. The minimum Gasteiger partial charge on any atom is -0.493 e. The Balaban J connectivity index is 1.83. The summed E-state index contributed by atoms with van der Waals surface area (Å²) in [5, 5.41) is 0.908. The van der Waals surface area contributed by atoms with E-state index in [1.165, 1.54) is 11.3 Å². The van der Waals surface area contributed by atoms with Crippen LogP contribution in [-0.2, 0) is 16.1 Å². The van der Waals surface area contributed by atoms with E-state index in [-0.39, 0.29) is 18.9 Å². The summed E-state index contributed by atoms with van der Waals surface area (Å²) >= 11 is 13.9. The molecule has 3 aromatic rings. The Labute approximate surface area is 170 Å². The molecule has 1 amide bonds. The molecule has 1 aromatic heterocycles. The number of nitrogens with zero attached hydrogens (tertiary/aromatic N) is 2. The highest BCUT2D eigenvalue weighted by molar-refractivity contribution is 7.16. The number of ether oxygens (including phenoxy) is 2. The molecule has 8 heteroatoms. The van der Waals surface area contributed by atoms with Crippen molar-refractivity contribution in [1.29, 1.82) is 0 Å². The highest BCUT2D eigenvalue weighted by Crippen LogP contribution is 2.32. The number of thiazole rings is 1. The first-order valence-corrected chi connectivity index (χ1v) is 9.89. The number of carbonyl (C=O) groups excluding carboxylic acids is 1. The molecule has 142 valence electrons. The van der Waals surface area contributed by atoms with Gasteiger partial charge >= 0.3 is 0 Å². The van der Waals surface area contributed by atoms with Crippen molar-refractivity contribution >= 4 is 50.7 Å². The Hall–Kier alpha value is -1.86. The average Bonchev–Trinajstić information content (AvgIpc) is 3.01. The van der Waals surface area contributed by atoms with Crippen LogP contribution in [0.1, 0.15) is 6.42 Å². The molecule has 2 aromatic carbocycles. The molecule has 0 saturated heterocycles. The maximum atomic E-state index is 12.3. The third-order valence-corrected chi connectivity index (χ3v) is 5.64. The van der Waals surface area contributed by atoms with Crippen LogP contribution in [0.15, 0.2) is 47.5 Å². The van der Waals surface area contributed by atoms with Crippen LogP contribution in [0.3, 0.4) is 0 Å². The largest absolute Gasteiger partial charge is 0.493 e. The molecule has 0 aliphatic rings. The first kappa shape index (κ1) is 19.9. The average molecular weight is 425 g/mol. The topological polar surface area (TPSA) is 52.8 Å². The number of fused-ring (bicyclic) bond motifs is 1. The maximum absolute atomic E-state index is 12.3. The molecule has 0 unspecified atom stereocenters. The van der Waals surface area contributed by atoms with Crippen LogP contribution in [0.5, 0.6) is 5.75 Å². The number of benzene rings is 2. The number of para-hydroxylation sites is 1. The third kappa shape index (κ3) is 4.90. The van der Waals surface area contributed by atoms with Crippen molar-refractivity contribution in [3.8, 4) is 5.75 Å². The molecule has 5 nitrogen and oxygen atoms in total. The Morgan fingerprint density at radius 2 is 1.93 bits per heavy atom. The molecule has 0 saturated carbocycles. The highest BCUT2D eigenvalue weighted by atomic mass is 35.5. The van der Waals surface area contributed by atoms with Gasteiger partial charge in [0.2, 0.25) is 0 Å². The molecule has 1 heterocycles. The summed E-state index contributed by atoms with van der Waals surface area (Å²) in [6.07, 6.45) is 0.182. The molecule has 3 rings (SSSR count). The van der Waals surface area contributed by atoms with Crippen molar-refractivity contribution in [2.24, 2.45) is 4.99 Å². The minimum atomic E-state index is -0.258. The Bertz CT molecular complexity index is 999. The second-order valence-electron chi connectivity index (χ2n) is 5.65. The highest BCUT2D eigenvalue weighted by Gasteiger charge is 2.13. The van der Waals surface area contributed by atoms with Gasteiger partial charge in [0.1, 0.15) is 5.75 Å². The van der Waals surface area contributed by atoms with Crippen LogP contribution >= 0.6 is 34.5 Å². The molecular formula is C19H18Cl2N2O3S. The Kier molecular flexibility index (Phi) is 6.90. The van der Waals surface area contributed by atoms with E-state index in [4.69, 9.17) is 32.7 Å². The van der Waals surface area contributed by atoms with Gasteiger partial charge in [0, 0.05) is 13.7 Å². The van der Waals surface area contributed by atoms with E-state index in [0.29, 0.717) is 28.0 Å². The molecule has 0 bridgehead atoms. The fourth-order valence-corrected chi connectivity index (χ4v) is 4.07. The van der Waals surface area contributed by atoms with E-state index in [1.54, 1.807) is 13.2 Å². The lowest BCUT2D eigenvalue weighted by Gasteiger charge is -2.06. The van der Waals surface area contributed by atoms with Crippen LogP contribution in [0.25, 0.3) is 10.2 Å². The number of aromatic nitrogens is 1. The lowest BCUT2D eigenvalue weighted by molar-refractivity contribution is -0.118. The van der Waals surface area contributed by atoms with Gasteiger partial charge in [-0.2, -0.15) is 4.99 Å². The first-order chi connectivity index (χ1) is 13.1. The standard InChI is InChI=1S/C19H18Cl2N2O3S/c1-25-12-10-23-18-15(8-7-14(20)17(18)21)27-19(23)22-16(24)9-11-26-13-5-3-2-4-6-13/h2-8H,9-12H2,1H3. The quantitative estimate of drug-likeness (QED) is 0.558. The van der Waals surface area contributed by atoms with Crippen molar-refractivity contribution in [2.45, 2.75) is 13.0 Å². The van der Waals surface area contributed by atoms with Crippen molar-refractivity contribution in [3.63, 3.8) is 0 Å². The van der Waals surface area contributed by atoms with E-state index < -0.39 is 0 Å². The van der Waals surface area contributed by atoms with Gasteiger partial charge in [0.15, 0.2) is 4.80 Å². The lowest BCUT2D eigenvalue weighted by Crippen LogP contribution is -2.20. The van der Waals surface area contributed by atoms with Crippen LogP contribution in [0.2, 0.25) is 10.0 Å². The summed E-state index contributed by atoms with van der Waals surface area (Å²) in [5.74, 6) is 0.467. The van der Waals surface area contributed by atoms with Gasteiger partial charge in [0.05, 0.1) is 39.9 Å². The third-order valence-electron chi connectivity index (χ3n) is 3.80. The first-order valence-electron chi connectivity index (χ1n) is 8.32. The summed E-state index contributed by atoms with van der Waals surface area (Å²) in [4.78, 5) is 17.1. The zero-order valence-corrected chi connectivity index (χ0v) is 17.0. The monoisotopic (exact) mass is 424 g/mol. The van der Waals surface area contributed by atoms with Crippen LogP contribution in [0, 0.1) is 0 Å². The van der Waals surface area contributed by atoms with Gasteiger partial charge < -0.3 is 14.0 Å². The molecule has 27 heavy (non-hydrogen) atoms. The van der Waals surface area contributed by atoms with E-state index in [0.717, 1.165) is 16.0 Å². The number of hydrogen-bond acceptors (Lipinski definition) is 4. The number of halogens is 2. The fourth-order valence-electron chi connectivity index (χ4n) is 2.51. The maximum Gasteiger partial charge on any atom is 0.251 e. The summed E-state index contributed by atoms with van der Waals surface area (Å²) in [6, 6.07) is 13.0. The molecule has 0 fully saturated rings. The molecule has 0 atom stereocenters. The predicted octanol–water partition coefficient (Wildman–Crippen LogP) is 4.55. The molecule has 0 radical (unpaired) electrons. The zero-order chi connectivity index (χ0) is 19.2. The van der Waals surface area contributed by atoms with E-state index >= 15 is 0 Å². The molecule has 0 aliphatic carbocycles. The van der Waals surface area contributed by atoms with Crippen molar-refractivity contribution < 1.29 is 14.3 Å². The van der Waals surface area contributed by atoms with Gasteiger partial charge in [-0.3, -0.25) is 4.79 Å².